The third-order valence-corrected chi connectivity index (χ3v) is 6.37. The molecule has 0 amide bonds. The summed E-state index contributed by atoms with van der Waals surface area (Å²) in [6.07, 6.45) is 1.57. The number of aryl methyl sites for hydroxylation is 2. The van der Waals surface area contributed by atoms with Crippen LogP contribution in [0.4, 0.5) is 11.4 Å². The second kappa shape index (κ2) is 8.94. The molecule has 2 aromatic rings. The second-order valence-corrected chi connectivity index (χ2v) is 8.19. The first kappa shape index (κ1) is 21.5. The van der Waals surface area contributed by atoms with E-state index in [-0.39, 0.29) is 29.4 Å². The Kier molecular flexibility index (Phi) is 6.87. The molecule has 0 aliphatic carbocycles. The number of nitrogens with zero attached hydrogens (tertiary/aromatic N) is 3. The number of hydrogen-bond acceptors (Lipinski definition) is 6. The first-order valence-electron chi connectivity index (χ1n) is 8.85. The van der Waals surface area contributed by atoms with Gasteiger partial charge in [0.15, 0.2) is 0 Å². The molecule has 8 nitrogen and oxygen atoms in total. The van der Waals surface area contributed by atoms with Crippen molar-refractivity contribution < 1.29 is 13.3 Å². The van der Waals surface area contributed by atoms with Crippen molar-refractivity contribution in [3.05, 3.63) is 63.2 Å². The van der Waals surface area contributed by atoms with Gasteiger partial charge < -0.3 is 0 Å². The van der Waals surface area contributed by atoms with Crippen LogP contribution < -0.4 is 5.43 Å². The van der Waals surface area contributed by atoms with Crippen LogP contribution in [0.15, 0.2) is 46.4 Å². The summed E-state index contributed by atoms with van der Waals surface area (Å²) in [6.45, 7) is 7.94. The van der Waals surface area contributed by atoms with E-state index in [2.05, 4.69) is 10.5 Å². The molecule has 2 aromatic carbocycles. The minimum Gasteiger partial charge on any atom is -0.272 e. The van der Waals surface area contributed by atoms with Crippen LogP contribution in [-0.2, 0) is 10.0 Å². The van der Waals surface area contributed by atoms with Gasteiger partial charge in [-0.15, -0.1) is 0 Å². The lowest BCUT2D eigenvalue weighted by Gasteiger charge is -2.18. The summed E-state index contributed by atoms with van der Waals surface area (Å²) in [5, 5.41) is 15.5. The Labute approximate surface area is 165 Å². The van der Waals surface area contributed by atoms with E-state index in [1.807, 2.05) is 32.0 Å². The minimum absolute atomic E-state index is 0.115. The smallest absolute Gasteiger partial charge is 0.272 e. The normalized spacial score (nSPS) is 11.9. The molecule has 0 unspecified atom stereocenters. The van der Waals surface area contributed by atoms with Gasteiger partial charge in [0.25, 0.3) is 5.69 Å². The molecular formula is C19H24N4O4S. The Hall–Kier alpha value is -2.78. The van der Waals surface area contributed by atoms with Crippen LogP contribution in [-0.4, -0.2) is 37.0 Å². The van der Waals surface area contributed by atoms with Crippen LogP contribution in [0.2, 0.25) is 0 Å². The van der Waals surface area contributed by atoms with E-state index in [4.69, 9.17) is 0 Å². The Balaban J connectivity index is 2.33. The highest BCUT2D eigenvalue weighted by Crippen LogP contribution is 2.29. The number of hydrazone groups is 1. The van der Waals surface area contributed by atoms with Gasteiger partial charge in [0.2, 0.25) is 10.0 Å². The highest BCUT2D eigenvalue weighted by atomic mass is 32.2. The summed E-state index contributed by atoms with van der Waals surface area (Å²) in [5.41, 5.74) is 5.43. The van der Waals surface area contributed by atoms with Gasteiger partial charge in [-0.25, -0.2) is 8.42 Å². The summed E-state index contributed by atoms with van der Waals surface area (Å²) in [5.74, 6) is 0. The second-order valence-electron chi connectivity index (χ2n) is 6.26. The number of rotatable bonds is 8. The molecule has 2 rings (SSSR count). The maximum absolute atomic E-state index is 12.6. The van der Waals surface area contributed by atoms with E-state index in [1.165, 1.54) is 16.4 Å². The highest BCUT2D eigenvalue weighted by molar-refractivity contribution is 7.89. The lowest BCUT2D eigenvalue weighted by molar-refractivity contribution is -0.384. The number of nitrogens with one attached hydrogen (secondary N) is 1. The van der Waals surface area contributed by atoms with Crippen LogP contribution in [0, 0.1) is 24.0 Å². The maximum Gasteiger partial charge on any atom is 0.295 e. The van der Waals surface area contributed by atoms with Gasteiger partial charge >= 0.3 is 0 Å². The molecule has 0 aromatic heterocycles. The van der Waals surface area contributed by atoms with Crippen molar-refractivity contribution in [3.8, 4) is 0 Å². The Morgan fingerprint density at radius 1 is 1.14 bits per heavy atom. The fourth-order valence-electron chi connectivity index (χ4n) is 2.77. The van der Waals surface area contributed by atoms with Crippen molar-refractivity contribution in [3.63, 3.8) is 0 Å². The molecule has 0 bridgehead atoms. The highest BCUT2D eigenvalue weighted by Gasteiger charge is 2.25. The average Bonchev–Trinajstić information content (AvgIpc) is 2.64. The van der Waals surface area contributed by atoms with E-state index < -0.39 is 14.9 Å². The molecule has 0 aliphatic rings. The van der Waals surface area contributed by atoms with Crippen molar-refractivity contribution in [1.29, 1.82) is 0 Å². The maximum atomic E-state index is 12.6. The predicted octanol–water partition coefficient (Wildman–Crippen LogP) is 3.69. The monoisotopic (exact) mass is 404 g/mol. The number of sulfonamides is 1. The van der Waals surface area contributed by atoms with Gasteiger partial charge in [0.05, 0.1) is 16.0 Å². The van der Waals surface area contributed by atoms with Gasteiger partial charge in [-0.3, -0.25) is 15.5 Å². The molecule has 0 heterocycles. The molecule has 28 heavy (non-hydrogen) atoms. The topological polar surface area (TPSA) is 105 Å². The molecule has 0 atom stereocenters. The minimum atomic E-state index is -3.78. The predicted molar refractivity (Wildman–Crippen MR) is 110 cm³/mol. The van der Waals surface area contributed by atoms with Crippen molar-refractivity contribution in [1.82, 2.24) is 4.31 Å². The summed E-state index contributed by atoms with van der Waals surface area (Å²) >= 11 is 0. The lowest BCUT2D eigenvalue weighted by atomic mass is 10.1. The number of nitro benzene ring substituents is 1. The summed E-state index contributed by atoms with van der Waals surface area (Å²) in [7, 11) is -3.78. The van der Waals surface area contributed by atoms with Crippen molar-refractivity contribution in [2.75, 3.05) is 18.5 Å². The van der Waals surface area contributed by atoms with E-state index >= 15 is 0 Å². The third kappa shape index (κ3) is 4.73. The van der Waals surface area contributed by atoms with Crippen LogP contribution in [0.25, 0.3) is 0 Å². The lowest BCUT2D eigenvalue weighted by Crippen LogP contribution is -2.30. The molecule has 1 N–H and O–H groups in total. The van der Waals surface area contributed by atoms with E-state index in [1.54, 1.807) is 20.1 Å². The summed E-state index contributed by atoms with van der Waals surface area (Å²) < 4.78 is 26.4. The fourth-order valence-corrected chi connectivity index (χ4v) is 4.25. The number of benzene rings is 2. The Morgan fingerprint density at radius 3 is 2.39 bits per heavy atom. The molecule has 0 saturated heterocycles. The molecule has 0 fully saturated rings. The summed E-state index contributed by atoms with van der Waals surface area (Å²) in [6, 6.07) is 9.62. The molecular weight excluding hydrogens is 380 g/mol. The van der Waals surface area contributed by atoms with Gasteiger partial charge in [-0.1, -0.05) is 37.6 Å². The van der Waals surface area contributed by atoms with E-state index in [0.29, 0.717) is 0 Å². The summed E-state index contributed by atoms with van der Waals surface area (Å²) in [4.78, 5) is 10.7. The first-order chi connectivity index (χ1) is 13.2. The van der Waals surface area contributed by atoms with Crippen molar-refractivity contribution in [2.45, 2.75) is 32.6 Å². The zero-order valence-electron chi connectivity index (χ0n) is 16.3. The molecule has 150 valence electrons. The van der Waals surface area contributed by atoms with E-state index in [9.17, 15) is 18.5 Å². The van der Waals surface area contributed by atoms with Gasteiger partial charge in [-0.2, -0.15) is 9.41 Å². The molecule has 9 heteroatoms. The molecule has 0 saturated carbocycles. The fraction of sp³-hybridized carbons (Fsp3) is 0.316. The zero-order chi connectivity index (χ0) is 20.9. The standard InChI is InChI=1S/C19H24N4O4S/c1-5-22(6-2)28(26,27)17-9-10-18(19(12-17)23(24)25)21-20-13-16-8-7-14(3)11-15(16)4/h7-13,21H,5-6H2,1-4H3/b20-13+. The van der Waals surface area contributed by atoms with Gasteiger partial charge in [0.1, 0.15) is 5.69 Å². The number of hydrogen-bond donors (Lipinski definition) is 1. The Bertz CT molecular complexity index is 999. The molecule has 0 aliphatic heterocycles. The third-order valence-electron chi connectivity index (χ3n) is 4.32. The van der Waals surface area contributed by atoms with Crippen LogP contribution >= 0.6 is 0 Å². The van der Waals surface area contributed by atoms with Crippen LogP contribution in [0.5, 0.6) is 0 Å². The molecule has 0 radical (unpaired) electrons. The quantitative estimate of drug-likeness (QED) is 0.410. The Morgan fingerprint density at radius 2 is 1.82 bits per heavy atom. The van der Waals surface area contributed by atoms with Gasteiger partial charge in [0, 0.05) is 19.2 Å². The van der Waals surface area contributed by atoms with Crippen molar-refractivity contribution in [2.24, 2.45) is 5.10 Å². The van der Waals surface area contributed by atoms with Crippen LogP contribution in [0.1, 0.15) is 30.5 Å². The van der Waals surface area contributed by atoms with E-state index in [0.717, 1.165) is 22.8 Å². The van der Waals surface area contributed by atoms with Gasteiger partial charge in [-0.05, 0) is 37.1 Å². The average molecular weight is 404 g/mol. The molecule has 0 spiro atoms. The number of anilines is 1. The number of nitro groups is 1. The van der Waals surface area contributed by atoms with Crippen molar-refractivity contribution >= 4 is 27.6 Å². The largest absolute Gasteiger partial charge is 0.295 e. The van der Waals surface area contributed by atoms with Crippen LogP contribution in [0.3, 0.4) is 0 Å². The zero-order valence-corrected chi connectivity index (χ0v) is 17.2. The SMILES string of the molecule is CCN(CC)S(=O)(=O)c1ccc(N/N=C/c2ccc(C)cc2C)c([N+](=O)[O-])c1. The first-order valence-corrected chi connectivity index (χ1v) is 10.3.